The van der Waals surface area contributed by atoms with Gasteiger partial charge >= 0.3 is 0 Å². The lowest BCUT2D eigenvalue weighted by atomic mass is 10.1. The van der Waals surface area contributed by atoms with Gasteiger partial charge in [0.2, 0.25) is 0 Å². The number of hydrogen-bond acceptors (Lipinski definition) is 7. The van der Waals surface area contributed by atoms with Crippen LogP contribution in [0.1, 0.15) is 28.8 Å². The Hall–Kier alpha value is -3.72. The van der Waals surface area contributed by atoms with Crippen LogP contribution in [0.25, 0.3) is 22.2 Å². The summed E-state index contributed by atoms with van der Waals surface area (Å²) in [5.41, 5.74) is 11.0. The molecule has 1 amide bonds. The highest BCUT2D eigenvalue weighted by Gasteiger charge is 2.15. The lowest BCUT2D eigenvalue weighted by Crippen LogP contribution is -2.33. The van der Waals surface area contributed by atoms with Crippen molar-refractivity contribution >= 4 is 39.9 Å². The van der Waals surface area contributed by atoms with Gasteiger partial charge in [0.25, 0.3) is 5.91 Å². The first-order valence-corrected chi connectivity index (χ1v) is 13.3. The number of carbonyl (C=O) groups excluding carboxylic acids is 1. The summed E-state index contributed by atoms with van der Waals surface area (Å²) in [4.78, 5) is 24.3. The largest absolute Gasteiger partial charge is 0.364 e. The predicted octanol–water partition coefficient (Wildman–Crippen LogP) is 4.93. The van der Waals surface area contributed by atoms with Crippen LogP contribution >= 0.6 is 11.6 Å². The van der Waals surface area contributed by atoms with Crippen LogP contribution in [0.5, 0.6) is 0 Å². The van der Waals surface area contributed by atoms with Gasteiger partial charge in [-0.25, -0.2) is 10.4 Å². The summed E-state index contributed by atoms with van der Waals surface area (Å²) < 4.78 is 0. The van der Waals surface area contributed by atoms with Crippen molar-refractivity contribution in [3.05, 3.63) is 83.0 Å². The summed E-state index contributed by atoms with van der Waals surface area (Å²) >= 11 is 6.55. The van der Waals surface area contributed by atoms with Crippen molar-refractivity contribution in [2.45, 2.75) is 19.4 Å². The van der Waals surface area contributed by atoms with Gasteiger partial charge in [-0.05, 0) is 74.0 Å². The zero-order chi connectivity index (χ0) is 26.3. The standard InChI is InChI=1S/C29H32ClN7O/c1-31-36-27-11-10-26(35-28(27)34-19-20-6-9-25-21(17-20)5-4-12-32-25)22-7-8-23(24(30)18-22)29(38)33-13-16-37-14-2-3-15-37/h4-12,17-18,31,36H,2-3,13-16,19H2,1H3,(H,33,38)(H,34,35). The molecular formula is C29H32ClN7O. The van der Waals surface area contributed by atoms with Crippen molar-refractivity contribution in [2.24, 2.45) is 0 Å². The molecule has 4 N–H and O–H groups in total. The number of nitrogens with zero attached hydrogens (tertiary/aromatic N) is 3. The van der Waals surface area contributed by atoms with Crippen LogP contribution < -0.4 is 21.5 Å². The first-order chi connectivity index (χ1) is 18.6. The molecule has 1 saturated heterocycles. The number of halogens is 1. The third kappa shape index (κ3) is 6.22. The minimum atomic E-state index is -0.157. The van der Waals surface area contributed by atoms with E-state index in [1.165, 1.54) is 12.8 Å². The molecule has 0 radical (unpaired) electrons. The van der Waals surface area contributed by atoms with E-state index in [4.69, 9.17) is 16.6 Å². The van der Waals surface area contributed by atoms with Crippen molar-refractivity contribution < 1.29 is 4.79 Å². The van der Waals surface area contributed by atoms with E-state index in [0.29, 0.717) is 29.5 Å². The van der Waals surface area contributed by atoms with Gasteiger partial charge in [0.05, 0.1) is 27.5 Å². The fourth-order valence-corrected chi connectivity index (χ4v) is 4.96. The van der Waals surface area contributed by atoms with Gasteiger partial charge in [-0.3, -0.25) is 9.78 Å². The molecule has 2 aromatic carbocycles. The van der Waals surface area contributed by atoms with Gasteiger partial charge in [-0.1, -0.05) is 29.8 Å². The number of hydrogen-bond donors (Lipinski definition) is 4. The molecule has 1 fully saturated rings. The summed E-state index contributed by atoms with van der Waals surface area (Å²) in [5, 5.41) is 7.93. The Morgan fingerprint density at radius 2 is 1.92 bits per heavy atom. The average Bonchev–Trinajstić information content (AvgIpc) is 3.46. The first kappa shape index (κ1) is 25.9. The van der Waals surface area contributed by atoms with Crippen LogP contribution in [0.3, 0.4) is 0 Å². The number of likely N-dealkylation sites (tertiary alicyclic amines) is 1. The van der Waals surface area contributed by atoms with Crippen molar-refractivity contribution in [2.75, 3.05) is 44.0 Å². The maximum Gasteiger partial charge on any atom is 0.252 e. The monoisotopic (exact) mass is 529 g/mol. The molecule has 1 aliphatic heterocycles. The third-order valence-corrected chi connectivity index (χ3v) is 7.02. The van der Waals surface area contributed by atoms with E-state index in [0.717, 1.165) is 53.0 Å². The van der Waals surface area contributed by atoms with Crippen molar-refractivity contribution in [1.82, 2.24) is 25.6 Å². The Morgan fingerprint density at radius 3 is 2.74 bits per heavy atom. The Bertz CT molecular complexity index is 1420. The quantitative estimate of drug-likeness (QED) is 0.216. The number of anilines is 2. The summed E-state index contributed by atoms with van der Waals surface area (Å²) in [6.07, 6.45) is 4.27. The second kappa shape index (κ2) is 12.2. The second-order valence-electron chi connectivity index (χ2n) is 9.35. The van der Waals surface area contributed by atoms with Gasteiger partial charge < -0.3 is 21.0 Å². The Labute approximate surface area is 227 Å². The van der Waals surface area contributed by atoms with Gasteiger partial charge in [-0.2, -0.15) is 0 Å². The Kier molecular flexibility index (Phi) is 8.33. The fourth-order valence-electron chi connectivity index (χ4n) is 4.70. The number of pyridine rings is 2. The molecule has 9 heteroatoms. The van der Waals surface area contributed by atoms with E-state index in [2.05, 4.69) is 49.6 Å². The molecule has 0 unspecified atom stereocenters. The average molecular weight is 530 g/mol. The van der Waals surface area contributed by atoms with Crippen LogP contribution in [0, 0.1) is 0 Å². The molecule has 0 spiro atoms. The Balaban J connectivity index is 1.29. The van der Waals surface area contributed by atoms with Crippen LogP contribution in [-0.2, 0) is 6.54 Å². The summed E-state index contributed by atoms with van der Waals surface area (Å²) in [5.74, 6) is 0.540. The van der Waals surface area contributed by atoms with Gasteiger partial charge in [-0.15, -0.1) is 0 Å². The number of nitrogens with one attached hydrogen (secondary N) is 4. The van der Waals surface area contributed by atoms with Crippen molar-refractivity contribution in [3.63, 3.8) is 0 Å². The normalized spacial score (nSPS) is 13.5. The molecule has 2 aromatic heterocycles. The highest BCUT2D eigenvalue weighted by molar-refractivity contribution is 6.34. The zero-order valence-electron chi connectivity index (χ0n) is 21.4. The molecule has 0 aliphatic carbocycles. The van der Waals surface area contributed by atoms with Crippen LogP contribution in [0.15, 0.2) is 66.9 Å². The zero-order valence-corrected chi connectivity index (χ0v) is 22.2. The lowest BCUT2D eigenvalue weighted by molar-refractivity contribution is 0.0950. The number of amides is 1. The molecule has 0 saturated carbocycles. The van der Waals surface area contributed by atoms with Gasteiger partial charge in [0.1, 0.15) is 0 Å². The van der Waals surface area contributed by atoms with Crippen LogP contribution in [-0.4, -0.2) is 54.0 Å². The lowest BCUT2D eigenvalue weighted by Gasteiger charge is -2.16. The molecule has 8 nitrogen and oxygen atoms in total. The summed E-state index contributed by atoms with van der Waals surface area (Å²) in [7, 11) is 1.81. The minimum Gasteiger partial charge on any atom is -0.364 e. The van der Waals surface area contributed by atoms with Crippen molar-refractivity contribution in [3.8, 4) is 11.3 Å². The molecule has 3 heterocycles. The molecule has 0 atom stereocenters. The summed E-state index contributed by atoms with van der Waals surface area (Å²) in [6, 6.07) is 19.5. The number of benzene rings is 2. The van der Waals surface area contributed by atoms with Crippen LogP contribution in [0.4, 0.5) is 11.5 Å². The van der Waals surface area contributed by atoms with Crippen LogP contribution in [0.2, 0.25) is 5.02 Å². The van der Waals surface area contributed by atoms with Crippen molar-refractivity contribution in [1.29, 1.82) is 0 Å². The summed E-state index contributed by atoms with van der Waals surface area (Å²) in [6.45, 7) is 4.29. The SMILES string of the molecule is CNNc1ccc(-c2ccc(C(=O)NCCN3CCCC3)c(Cl)c2)nc1NCc1ccc2ncccc2c1. The van der Waals surface area contributed by atoms with E-state index < -0.39 is 0 Å². The van der Waals surface area contributed by atoms with E-state index >= 15 is 0 Å². The minimum absolute atomic E-state index is 0.157. The highest BCUT2D eigenvalue weighted by atomic mass is 35.5. The second-order valence-corrected chi connectivity index (χ2v) is 9.76. The molecule has 5 rings (SSSR count). The molecule has 1 aliphatic rings. The topological polar surface area (TPSA) is 94.2 Å². The maximum absolute atomic E-state index is 12.7. The number of aromatic nitrogens is 2. The highest BCUT2D eigenvalue weighted by Crippen LogP contribution is 2.29. The molecule has 0 bridgehead atoms. The van der Waals surface area contributed by atoms with E-state index in [1.807, 2.05) is 37.4 Å². The van der Waals surface area contributed by atoms with E-state index in [9.17, 15) is 4.79 Å². The molecule has 38 heavy (non-hydrogen) atoms. The van der Waals surface area contributed by atoms with Gasteiger partial charge in [0, 0.05) is 43.8 Å². The Morgan fingerprint density at radius 1 is 1.05 bits per heavy atom. The number of rotatable bonds is 10. The smallest absolute Gasteiger partial charge is 0.252 e. The fraction of sp³-hybridized carbons (Fsp3) is 0.276. The van der Waals surface area contributed by atoms with E-state index in [-0.39, 0.29) is 5.91 Å². The van der Waals surface area contributed by atoms with Gasteiger partial charge in [0.15, 0.2) is 5.82 Å². The molecule has 4 aromatic rings. The first-order valence-electron chi connectivity index (χ1n) is 12.9. The molecular weight excluding hydrogens is 498 g/mol. The predicted molar refractivity (Wildman–Crippen MR) is 154 cm³/mol. The third-order valence-electron chi connectivity index (χ3n) is 6.70. The van der Waals surface area contributed by atoms with E-state index in [1.54, 1.807) is 18.3 Å². The maximum atomic E-state index is 12.7. The number of carbonyl (C=O) groups is 1. The molecule has 196 valence electrons. The number of fused-ring (bicyclic) bond motifs is 1. The number of hydrazine groups is 1.